The van der Waals surface area contributed by atoms with Crippen LogP contribution in [-0.2, 0) is 0 Å². The molecule has 74 valence electrons. The van der Waals surface area contributed by atoms with E-state index < -0.39 is 0 Å². The predicted octanol–water partition coefficient (Wildman–Crippen LogP) is 2.18. The van der Waals surface area contributed by atoms with Crippen LogP contribution in [0.1, 0.15) is 11.5 Å². The number of rotatable bonds is 4. The van der Waals surface area contributed by atoms with Crippen LogP contribution in [0.4, 0.5) is 0 Å². The second kappa shape index (κ2) is 4.63. The maximum absolute atomic E-state index is 9.63. The topological polar surface area (TPSA) is 46.2 Å². The number of benzene rings is 1. The highest BCUT2D eigenvalue weighted by Crippen LogP contribution is 2.30. The Hall–Kier alpha value is -1.54. The Morgan fingerprint density at radius 2 is 2.14 bits per heavy atom. The molecular formula is C12H15NO. The van der Waals surface area contributed by atoms with Crippen molar-refractivity contribution >= 4 is 0 Å². The SMILES string of the molecule is C=CC(C(=C)CN)c1ccccc1O. The lowest BCUT2D eigenvalue weighted by molar-refractivity contribution is 0.467. The molecule has 3 N–H and O–H groups in total. The van der Waals surface area contributed by atoms with Crippen molar-refractivity contribution < 1.29 is 5.11 Å². The summed E-state index contributed by atoms with van der Waals surface area (Å²) in [6.07, 6.45) is 1.74. The summed E-state index contributed by atoms with van der Waals surface area (Å²) in [4.78, 5) is 0. The van der Waals surface area contributed by atoms with Crippen LogP contribution in [0.5, 0.6) is 5.75 Å². The molecule has 0 fully saturated rings. The predicted molar refractivity (Wildman–Crippen MR) is 59.2 cm³/mol. The Labute approximate surface area is 84.4 Å². The normalized spacial score (nSPS) is 12.1. The van der Waals surface area contributed by atoms with Gasteiger partial charge in [0.05, 0.1) is 0 Å². The molecule has 0 aliphatic heterocycles. The molecule has 1 rings (SSSR count). The van der Waals surface area contributed by atoms with Gasteiger partial charge in [0.2, 0.25) is 0 Å². The Bertz CT molecular complexity index is 344. The van der Waals surface area contributed by atoms with E-state index in [4.69, 9.17) is 5.73 Å². The van der Waals surface area contributed by atoms with Gasteiger partial charge in [0.25, 0.3) is 0 Å². The van der Waals surface area contributed by atoms with Gasteiger partial charge in [0, 0.05) is 18.0 Å². The molecule has 1 atom stereocenters. The van der Waals surface area contributed by atoms with Gasteiger partial charge in [0.15, 0.2) is 0 Å². The van der Waals surface area contributed by atoms with Gasteiger partial charge in [-0.3, -0.25) is 0 Å². The maximum atomic E-state index is 9.63. The second-order valence-corrected chi connectivity index (χ2v) is 3.13. The van der Waals surface area contributed by atoms with Crippen LogP contribution in [0.2, 0.25) is 0 Å². The van der Waals surface area contributed by atoms with Gasteiger partial charge < -0.3 is 10.8 Å². The van der Waals surface area contributed by atoms with E-state index >= 15 is 0 Å². The standard InChI is InChI=1S/C12H15NO/c1-3-10(9(2)8-13)11-6-4-5-7-12(11)14/h3-7,10,14H,1-2,8,13H2. The Morgan fingerprint density at radius 1 is 1.50 bits per heavy atom. The van der Waals surface area contributed by atoms with Crippen LogP contribution in [-0.4, -0.2) is 11.7 Å². The van der Waals surface area contributed by atoms with Gasteiger partial charge in [-0.1, -0.05) is 36.4 Å². The molecule has 2 heteroatoms. The Kier molecular flexibility index (Phi) is 3.48. The zero-order chi connectivity index (χ0) is 10.6. The third-order valence-electron chi connectivity index (χ3n) is 2.21. The number of aromatic hydroxyl groups is 1. The first-order valence-corrected chi connectivity index (χ1v) is 4.49. The molecule has 0 bridgehead atoms. The van der Waals surface area contributed by atoms with Crippen molar-refractivity contribution in [2.24, 2.45) is 5.73 Å². The van der Waals surface area contributed by atoms with Crippen LogP contribution in [0.3, 0.4) is 0 Å². The summed E-state index contributed by atoms with van der Waals surface area (Å²) in [7, 11) is 0. The van der Waals surface area contributed by atoms with E-state index in [-0.39, 0.29) is 11.7 Å². The lowest BCUT2D eigenvalue weighted by Crippen LogP contribution is -2.09. The molecule has 1 aromatic carbocycles. The molecule has 0 heterocycles. The zero-order valence-corrected chi connectivity index (χ0v) is 8.11. The number of hydrogen-bond acceptors (Lipinski definition) is 2. The molecule has 1 aromatic rings. The van der Waals surface area contributed by atoms with Crippen molar-refractivity contribution in [2.75, 3.05) is 6.54 Å². The van der Waals surface area contributed by atoms with Gasteiger partial charge in [-0.05, 0) is 6.07 Å². The lowest BCUT2D eigenvalue weighted by Gasteiger charge is -2.15. The van der Waals surface area contributed by atoms with Gasteiger partial charge in [-0.2, -0.15) is 0 Å². The molecule has 1 unspecified atom stereocenters. The van der Waals surface area contributed by atoms with Gasteiger partial charge in [0.1, 0.15) is 5.75 Å². The summed E-state index contributed by atoms with van der Waals surface area (Å²) in [5.74, 6) is 0.188. The molecule has 0 saturated carbocycles. The van der Waals surface area contributed by atoms with Gasteiger partial charge >= 0.3 is 0 Å². The fourth-order valence-corrected chi connectivity index (χ4v) is 1.39. The monoisotopic (exact) mass is 189 g/mol. The summed E-state index contributed by atoms with van der Waals surface area (Å²) in [6.45, 7) is 7.97. The molecule has 0 amide bonds. The van der Waals surface area contributed by atoms with Crippen LogP contribution in [0, 0.1) is 0 Å². The number of phenols is 1. The van der Waals surface area contributed by atoms with Crippen molar-refractivity contribution in [2.45, 2.75) is 5.92 Å². The summed E-state index contributed by atoms with van der Waals surface area (Å²) in [5, 5.41) is 9.63. The Morgan fingerprint density at radius 3 is 2.64 bits per heavy atom. The van der Waals surface area contributed by atoms with E-state index in [2.05, 4.69) is 13.2 Å². The first kappa shape index (κ1) is 10.5. The van der Waals surface area contributed by atoms with E-state index in [9.17, 15) is 5.11 Å². The highest BCUT2D eigenvalue weighted by molar-refractivity contribution is 5.42. The van der Waals surface area contributed by atoms with Crippen molar-refractivity contribution in [3.8, 4) is 5.75 Å². The molecule has 0 saturated heterocycles. The fourth-order valence-electron chi connectivity index (χ4n) is 1.39. The van der Waals surface area contributed by atoms with Crippen LogP contribution < -0.4 is 5.73 Å². The number of allylic oxidation sites excluding steroid dienone is 1. The zero-order valence-electron chi connectivity index (χ0n) is 8.11. The average molecular weight is 189 g/mol. The third-order valence-corrected chi connectivity index (χ3v) is 2.21. The minimum Gasteiger partial charge on any atom is -0.508 e. The summed E-state index contributed by atoms with van der Waals surface area (Å²) < 4.78 is 0. The smallest absolute Gasteiger partial charge is 0.119 e. The molecule has 14 heavy (non-hydrogen) atoms. The van der Waals surface area contributed by atoms with E-state index in [1.807, 2.05) is 12.1 Å². The molecule has 0 aliphatic carbocycles. The largest absolute Gasteiger partial charge is 0.508 e. The van der Waals surface area contributed by atoms with Gasteiger partial charge in [-0.15, -0.1) is 6.58 Å². The highest BCUT2D eigenvalue weighted by atomic mass is 16.3. The van der Waals surface area contributed by atoms with E-state index in [1.54, 1.807) is 18.2 Å². The fraction of sp³-hybridized carbons (Fsp3) is 0.167. The summed E-state index contributed by atoms with van der Waals surface area (Å²) in [5.41, 5.74) is 7.16. The first-order chi connectivity index (χ1) is 6.70. The van der Waals surface area contributed by atoms with Crippen molar-refractivity contribution in [3.05, 3.63) is 54.6 Å². The van der Waals surface area contributed by atoms with Crippen molar-refractivity contribution in [1.29, 1.82) is 0 Å². The first-order valence-electron chi connectivity index (χ1n) is 4.49. The van der Waals surface area contributed by atoms with Crippen LogP contribution in [0.15, 0.2) is 49.1 Å². The number of phenolic OH excluding ortho intramolecular Hbond substituents is 1. The Balaban J connectivity index is 3.07. The summed E-state index contributed by atoms with van der Waals surface area (Å²) >= 11 is 0. The molecule has 0 radical (unpaired) electrons. The minimum atomic E-state index is -0.0683. The van der Waals surface area contributed by atoms with E-state index in [0.717, 1.165) is 11.1 Å². The molecule has 0 aromatic heterocycles. The molecule has 0 aliphatic rings. The van der Waals surface area contributed by atoms with Crippen LogP contribution >= 0.6 is 0 Å². The third kappa shape index (κ3) is 2.03. The average Bonchev–Trinajstić information content (AvgIpc) is 2.21. The number of nitrogens with two attached hydrogens (primary N) is 1. The quantitative estimate of drug-likeness (QED) is 0.713. The van der Waals surface area contributed by atoms with Gasteiger partial charge in [-0.25, -0.2) is 0 Å². The lowest BCUT2D eigenvalue weighted by atomic mass is 9.91. The van der Waals surface area contributed by atoms with E-state index in [0.29, 0.717) is 6.54 Å². The minimum absolute atomic E-state index is 0.0683. The number of para-hydroxylation sites is 1. The summed E-state index contributed by atoms with van der Waals surface area (Å²) in [6, 6.07) is 7.15. The van der Waals surface area contributed by atoms with E-state index in [1.165, 1.54) is 0 Å². The second-order valence-electron chi connectivity index (χ2n) is 3.13. The highest BCUT2D eigenvalue weighted by Gasteiger charge is 2.13. The maximum Gasteiger partial charge on any atom is 0.119 e. The number of hydrogen-bond donors (Lipinski definition) is 2. The molecule has 2 nitrogen and oxygen atoms in total. The molecular weight excluding hydrogens is 174 g/mol. The van der Waals surface area contributed by atoms with Crippen molar-refractivity contribution in [1.82, 2.24) is 0 Å². The molecule has 0 spiro atoms. The van der Waals surface area contributed by atoms with Crippen molar-refractivity contribution in [3.63, 3.8) is 0 Å². The van der Waals surface area contributed by atoms with Crippen LogP contribution in [0.25, 0.3) is 0 Å².